The number of hydrogen-bond donors (Lipinski definition) is 3. The first-order valence-electron chi connectivity index (χ1n) is 14.4. The van der Waals surface area contributed by atoms with E-state index in [9.17, 15) is 14.0 Å². The number of carbonyl (C=O) groups excluding carboxylic acids is 1. The Morgan fingerprint density at radius 2 is 2.00 bits per heavy atom. The lowest BCUT2D eigenvalue weighted by atomic mass is 9.94. The molecule has 0 unspecified atom stereocenters. The van der Waals surface area contributed by atoms with Crippen molar-refractivity contribution in [2.45, 2.75) is 33.0 Å². The van der Waals surface area contributed by atoms with Crippen molar-refractivity contribution in [3.63, 3.8) is 0 Å². The van der Waals surface area contributed by atoms with Crippen molar-refractivity contribution in [2.24, 2.45) is 5.41 Å². The lowest BCUT2D eigenvalue weighted by Crippen LogP contribution is -2.36. The van der Waals surface area contributed by atoms with Crippen molar-refractivity contribution in [2.75, 3.05) is 31.6 Å². The molecule has 2 aromatic carbocycles. The third-order valence-electron chi connectivity index (χ3n) is 7.62. The summed E-state index contributed by atoms with van der Waals surface area (Å²) in [6.45, 7) is 7.35. The van der Waals surface area contributed by atoms with Gasteiger partial charge in [-0.2, -0.15) is 5.10 Å². The molecule has 1 atom stereocenters. The molecule has 3 aromatic heterocycles. The molecule has 1 aliphatic heterocycles. The molecule has 1 amide bonds. The normalized spacial score (nSPS) is 15.7. The van der Waals surface area contributed by atoms with E-state index in [0.717, 1.165) is 35.3 Å². The monoisotopic (exact) mass is 582 g/mol. The molecular formula is C33H35FN6O3. The Morgan fingerprint density at radius 3 is 2.79 bits per heavy atom. The number of carbonyl (C=O) groups is 1. The molecule has 0 bridgehead atoms. The van der Waals surface area contributed by atoms with Crippen LogP contribution in [-0.4, -0.2) is 63.0 Å². The number of amides is 1. The van der Waals surface area contributed by atoms with Crippen molar-refractivity contribution in [3.05, 3.63) is 101 Å². The molecule has 6 rings (SSSR count). The van der Waals surface area contributed by atoms with Gasteiger partial charge in [0.25, 0.3) is 11.5 Å². The van der Waals surface area contributed by atoms with Crippen LogP contribution in [-0.2, 0) is 6.54 Å². The number of halogens is 1. The van der Waals surface area contributed by atoms with E-state index >= 15 is 0 Å². The zero-order valence-corrected chi connectivity index (χ0v) is 24.3. The van der Waals surface area contributed by atoms with Gasteiger partial charge in [0.1, 0.15) is 11.9 Å². The molecule has 1 saturated heterocycles. The third kappa shape index (κ3) is 6.86. The minimum atomic E-state index is -0.735. The second kappa shape index (κ2) is 11.9. The van der Waals surface area contributed by atoms with Crippen LogP contribution in [0.3, 0.4) is 0 Å². The Balaban J connectivity index is 1.12. The van der Waals surface area contributed by atoms with Crippen LogP contribution in [0, 0.1) is 5.41 Å². The first-order valence-corrected chi connectivity index (χ1v) is 14.4. The molecule has 0 aliphatic carbocycles. The Kier molecular flexibility index (Phi) is 7.86. The molecule has 3 N–H and O–H groups in total. The van der Waals surface area contributed by atoms with Gasteiger partial charge < -0.3 is 20.0 Å². The number of hydrogen-bond acceptors (Lipinski definition) is 5. The molecule has 0 saturated carbocycles. The quantitative estimate of drug-likeness (QED) is 0.202. The summed E-state index contributed by atoms with van der Waals surface area (Å²) < 4.78 is 21.4. The van der Waals surface area contributed by atoms with Crippen LogP contribution in [0.1, 0.15) is 36.2 Å². The van der Waals surface area contributed by atoms with Gasteiger partial charge in [-0.25, -0.2) is 4.39 Å². The minimum Gasteiger partial charge on any atom is -0.493 e. The van der Waals surface area contributed by atoms with Crippen LogP contribution in [0.2, 0.25) is 0 Å². The second-order valence-electron chi connectivity index (χ2n) is 12.0. The Labute approximate surface area is 248 Å². The number of alkyl halides is 1. The molecule has 9 nitrogen and oxygen atoms in total. The van der Waals surface area contributed by atoms with Crippen LogP contribution in [0.25, 0.3) is 22.2 Å². The zero-order valence-electron chi connectivity index (χ0n) is 24.3. The number of fused-ring (bicyclic) bond motifs is 1. The number of pyridine rings is 1. The highest BCUT2D eigenvalue weighted by Gasteiger charge is 2.28. The predicted octanol–water partition coefficient (Wildman–Crippen LogP) is 5.47. The predicted molar refractivity (Wildman–Crippen MR) is 165 cm³/mol. The molecule has 222 valence electrons. The Morgan fingerprint density at radius 1 is 1.16 bits per heavy atom. The van der Waals surface area contributed by atoms with E-state index in [1.807, 2.05) is 54.6 Å². The number of aromatic amines is 2. The minimum absolute atomic E-state index is 0.138. The molecule has 5 aromatic rings. The number of ether oxygens (including phenoxy) is 1. The summed E-state index contributed by atoms with van der Waals surface area (Å²) >= 11 is 0. The molecular weight excluding hydrogens is 547 g/mol. The summed E-state index contributed by atoms with van der Waals surface area (Å²) in [7, 11) is 0. The SMILES string of the molecule is CC(C)(COc1ccc2[nH]c(-c3cc(NC(=O)c4cnn(Cc5ccccc5)c4)c[nH]c3=O)cc2c1)CN1CC[C@H](F)C1. The standard InChI is InChI=1S/C33H35FN6O3/c1-33(2,20-39-11-10-25(34)19-39)21-43-27-8-9-29-23(12-27)13-30(38-29)28-14-26(16-35-32(28)42)37-31(41)24-15-36-40(18-24)17-22-6-4-3-5-7-22/h3-9,12-16,18,25,38H,10-11,17,19-21H2,1-2H3,(H,35,42)(H,37,41)/t25-/m0/s1. The van der Waals surface area contributed by atoms with Gasteiger partial charge in [0, 0.05) is 48.3 Å². The molecule has 0 radical (unpaired) electrons. The summed E-state index contributed by atoms with van der Waals surface area (Å²) in [5.41, 5.74) is 3.40. The highest BCUT2D eigenvalue weighted by atomic mass is 19.1. The van der Waals surface area contributed by atoms with Crippen molar-refractivity contribution in [1.29, 1.82) is 0 Å². The summed E-state index contributed by atoms with van der Waals surface area (Å²) in [5.74, 6) is 0.395. The van der Waals surface area contributed by atoms with Gasteiger partial charge in [0.15, 0.2) is 0 Å². The maximum absolute atomic E-state index is 13.6. The highest BCUT2D eigenvalue weighted by Crippen LogP contribution is 2.28. The average molecular weight is 583 g/mol. The molecule has 1 fully saturated rings. The Bertz CT molecular complexity index is 1790. The number of rotatable bonds is 10. The smallest absolute Gasteiger partial charge is 0.258 e. The number of likely N-dealkylation sites (tertiary alicyclic amines) is 1. The first-order chi connectivity index (χ1) is 20.7. The second-order valence-corrected chi connectivity index (χ2v) is 12.0. The zero-order chi connectivity index (χ0) is 30.0. The molecule has 43 heavy (non-hydrogen) atoms. The number of H-pyrrole nitrogens is 2. The number of anilines is 1. The fourth-order valence-corrected chi connectivity index (χ4v) is 5.50. The van der Waals surface area contributed by atoms with Gasteiger partial charge in [-0.1, -0.05) is 44.2 Å². The van der Waals surface area contributed by atoms with Crippen molar-refractivity contribution in [3.8, 4) is 17.0 Å². The highest BCUT2D eigenvalue weighted by molar-refractivity contribution is 6.04. The van der Waals surface area contributed by atoms with Gasteiger partial charge >= 0.3 is 0 Å². The fourth-order valence-electron chi connectivity index (χ4n) is 5.50. The molecule has 10 heteroatoms. The summed E-state index contributed by atoms with van der Waals surface area (Å²) in [5, 5.41) is 8.05. The maximum atomic E-state index is 13.6. The number of benzene rings is 2. The third-order valence-corrected chi connectivity index (χ3v) is 7.62. The van der Waals surface area contributed by atoms with E-state index in [2.05, 4.69) is 39.1 Å². The van der Waals surface area contributed by atoms with E-state index in [4.69, 9.17) is 4.74 Å². The molecule has 4 heterocycles. The fraction of sp³-hybridized carbons (Fsp3) is 0.303. The number of aromatic nitrogens is 4. The van der Waals surface area contributed by atoms with Crippen LogP contribution in [0.15, 0.2) is 84.0 Å². The van der Waals surface area contributed by atoms with Crippen molar-refractivity contribution < 1.29 is 13.9 Å². The summed E-state index contributed by atoms with van der Waals surface area (Å²) in [6.07, 6.45) is 4.56. The van der Waals surface area contributed by atoms with E-state index in [1.54, 1.807) is 16.9 Å². The van der Waals surface area contributed by atoms with Crippen LogP contribution in [0.5, 0.6) is 5.75 Å². The van der Waals surface area contributed by atoms with Gasteiger partial charge in [0.05, 0.1) is 41.9 Å². The van der Waals surface area contributed by atoms with E-state index in [-0.39, 0.29) is 16.9 Å². The lowest BCUT2D eigenvalue weighted by molar-refractivity contribution is 0.102. The molecule has 0 spiro atoms. The molecule has 1 aliphatic rings. The van der Waals surface area contributed by atoms with Gasteiger partial charge in [-0.15, -0.1) is 0 Å². The van der Waals surface area contributed by atoms with E-state index in [0.29, 0.717) is 48.6 Å². The van der Waals surface area contributed by atoms with Crippen molar-refractivity contribution in [1.82, 2.24) is 24.6 Å². The van der Waals surface area contributed by atoms with Crippen LogP contribution in [0.4, 0.5) is 10.1 Å². The van der Waals surface area contributed by atoms with Crippen molar-refractivity contribution >= 4 is 22.5 Å². The average Bonchev–Trinajstić information content (AvgIpc) is 3.73. The van der Waals surface area contributed by atoms with Gasteiger partial charge in [0.2, 0.25) is 0 Å². The largest absolute Gasteiger partial charge is 0.493 e. The van der Waals surface area contributed by atoms with Gasteiger partial charge in [-0.3, -0.25) is 19.2 Å². The van der Waals surface area contributed by atoms with Crippen LogP contribution >= 0.6 is 0 Å². The topological polar surface area (TPSA) is 108 Å². The summed E-state index contributed by atoms with van der Waals surface area (Å²) in [4.78, 5) is 33.9. The number of nitrogens with zero attached hydrogens (tertiary/aromatic N) is 3. The van der Waals surface area contributed by atoms with Gasteiger partial charge in [-0.05, 0) is 42.3 Å². The van der Waals surface area contributed by atoms with Crippen LogP contribution < -0.4 is 15.6 Å². The Hall–Kier alpha value is -4.70. The maximum Gasteiger partial charge on any atom is 0.258 e. The number of nitrogens with one attached hydrogen (secondary N) is 3. The summed E-state index contributed by atoms with van der Waals surface area (Å²) in [6, 6.07) is 19.2. The lowest BCUT2D eigenvalue weighted by Gasteiger charge is -2.29. The van der Waals surface area contributed by atoms with E-state index in [1.165, 1.54) is 12.4 Å². The van der Waals surface area contributed by atoms with E-state index < -0.39 is 6.17 Å². The first kappa shape index (κ1) is 28.4.